The second kappa shape index (κ2) is 9.69. The number of carbonyl (C=O) groups is 2. The number of rotatable bonds is 7. The van der Waals surface area contributed by atoms with Gasteiger partial charge in [0.1, 0.15) is 0 Å². The molecule has 1 fully saturated rings. The Hall–Kier alpha value is -1.93. The molecule has 172 valence electrons. The first-order valence-corrected chi connectivity index (χ1v) is 12.8. The zero-order valence-corrected chi connectivity index (χ0v) is 19.8. The first-order valence-electron chi connectivity index (χ1n) is 11.3. The first-order chi connectivity index (χ1) is 14.6. The molecule has 1 aromatic rings. The molecule has 7 nitrogen and oxygen atoms in total. The van der Waals surface area contributed by atoms with Crippen molar-refractivity contribution in [3.8, 4) is 0 Å². The van der Waals surface area contributed by atoms with Crippen LogP contribution in [-0.2, 0) is 26.0 Å². The highest BCUT2D eigenvalue weighted by atomic mass is 32.2. The Balaban J connectivity index is 1.55. The molecule has 1 aliphatic carbocycles. The molecule has 1 aliphatic heterocycles. The van der Waals surface area contributed by atoms with Gasteiger partial charge >= 0.3 is 0 Å². The quantitative estimate of drug-likeness (QED) is 0.669. The molecule has 2 aliphatic rings. The molecule has 0 unspecified atom stereocenters. The molecular formula is C23H35N3O4S. The van der Waals surface area contributed by atoms with E-state index >= 15 is 0 Å². The molecular weight excluding hydrogens is 414 g/mol. The molecule has 2 N–H and O–H groups in total. The van der Waals surface area contributed by atoms with E-state index in [2.05, 4.69) is 17.0 Å². The van der Waals surface area contributed by atoms with Crippen molar-refractivity contribution in [2.45, 2.75) is 83.2 Å². The average molecular weight is 450 g/mol. The van der Waals surface area contributed by atoms with Gasteiger partial charge in [-0.3, -0.25) is 9.59 Å². The van der Waals surface area contributed by atoms with Gasteiger partial charge in [0.2, 0.25) is 21.8 Å². The van der Waals surface area contributed by atoms with Crippen LogP contribution in [0.15, 0.2) is 23.1 Å². The maximum absolute atomic E-state index is 12.8. The van der Waals surface area contributed by atoms with Gasteiger partial charge in [-0.2, -0.15) is 0 Å². The fraction of sp³-hybridized carbons (Fsp3) is 0.652. The summed E-state index contributed by atoms with van der Waals surface area (Å²) >= 11 is 0. The van der Waals surface area contributed by atoms with Crippen LogP contribution < -0.4 is 14.9 Å². The zero-order valence-electron chi connectivity index (χ0n) is 19.0. The number of hydrogen-bond acceptors (Lipinski definition) is 4. The fourth-order valence-corrected chi connectivity index (χ4v) is 5.82. The molecule has 31 heavy (non-hydrogen) atoms. The van der Waals surface area contributed by atoms with Crippen molar-refractivity contribution in [1.29, 1.82) is 0 Å². The van der Waals surface area contributed by atoms with E-state index in [1.54, 1.807) is 23.1 Å². The van der Waals surface area contributed by atoms with Crippen LogP contribution in [-0.4, -0.2) is 38.9 Å². The molecule has 2 amide bonds. The number of anilines is 1. The number of sulfonamides is 1. The van der Waals surface area contributed by atoms with Crippen LogP contribution in [0.2, 0.25) is 0 Å². The largest absolute Gasteiger partial charge is 0.353 e. The number of benzene rings is 1. The standard InChI is InChI=1S/C23H35N3O4S/c1-5-15(2)25-23(28)19-8-6-18(7-9-19)14-24-31(29,30)21-10-11-22-20(13-21)12-16(3)26(22)17(4)27/h10-11,13,15-16,18-19,24H,5-9,12,14H2,1-4H3,(H,25,28)/t15-,16-,18?,19?/m1/s1. The molecule has 0 radical (unpaired) electrons. The molecule has 0 saturated heterocycles. The van der Waals surface area contributed by atoms with Crippen LogP contribution >= 0.6 is 0 Å². The van der Waals surface area contributed by atoms with E-state index in [1.807, 2.05) is 13.8 Å². The van der Waals surface area contributed by atoms with Gasteiger partial charge in [-0.25, -0.2) is 13.1 Å². The summed E-state index contributed by atoms with van der Waals surface area (Å²) < 4.78 is 28.4. The molecule has 1 heterocycles. The lowest BCUT2D eigenvalue weighted by Gasteiger charge is -2.28. The Morgan fingerprint density at radius 1 is 1.19 bits per heavy atom. The highest BCUT2D eigenvalue weighted by molar-refractivity contribution is 7.89. The van der Waals surface area contributed by atoms with Crippen LogP contribution in [0.5, 0.6) is 0 Å². The van der Waals surface area contributed by atoms with E-state index < -0.39 is 10.0 Å². The van der Waals surface area contributed by atoms with E-state index in [4.69, 9.17) is 0 Å². The molecule has 1 saturated carbocycles. The minimum atomic E-state index is -3.62. The first kappa shape index (κ1) is 23.7. The van der Waals surface area contributed by atoms with Crippen LogP contribution in [0.4, 0.5) is 5.69 Å². The number of amides is 2. The number of carbonyl (C=O) groups excluding carboxylic acids is 2. The lowest BCUT2D eigenvalue weighted by molar-refractivity contribution is -0.126. The Morgan fingerprint density at radius 3 is 2.48 bits per heavy atom. The van der Waals surface area contributed by atoms with Crippen molar-refractivity contribution >= 4 is 27.5 Å². The summed E-state index contributed by atoms with van der Waals surface area (Å²) in [6.07, 6.45) is 4.85. The maximum Gasteiger partial charge on any atom is 0.240 e. The second-order valence-electron chi connectivity index (χ2n) is 9.12. The van der Waals surface area contributed by atoms with Gasteiger partial charge in [0, 0.05) is 37.2 Å². The van der Waals surface area contributed by atoms with E-state index in [0.717, 1.165) is 43.4 Å². The Kier molecular flexibility index (Phi) is 7.42. The van der Waals surface area contributed by atoms with Crippen molar-refractivity contribution in [2.75, 3.05) is 11.4 Å². The minimum absolute atomic E-state index is 0.0322. The molecule has 1 aromatic carbocycles. The van der Waals surface area contributed by atoms with Crippen LogP contribution in [0.3, 0.4) is 0 Å². The van der Waals surface area contributed by atoms with Gasteiger partial charge < -0.3 is 10.2 Å². The number of fused-ring (bicyclic) bond motifs is 1. The third kappa shape index (κ3) is 5.47. The predicted octanol–water partition coefficient (Wildman–Crippen LogP) is 2.98. The minimum Gasteiger partial charge on any atom is -0.353 e. The molecule has 8 heteroatoms. The Labute approximate surface area is 186 Å². The molecule has 3 rings (SSSR count). The van der Waals surface area contributed by atoms with E-state index in [-0.39, 0.29) is 40.6 Å². The SMILES string of the molecule is CC[C@@H](C)NC(=O)C1CCC(CNS(=O)(=O)c2ccc3c(c2)C[C@@H](C)N3C(C)=O)CC1. The van der Waals surface area contributed by atoms with Crippen molar-refractivity contribution in [3.05, 3.63) is 23.8 Å². The summed E-state index contributed by atoms with van der Waals surface area (Å²) in [6.45, 7) is 7.94. The van der Waals surface area contributed by atoms with Crippen molar-refractivity contribution in [1.82, 2.24) is 10.0 Å². The van der Waals surface area contributed by atoms with Gasteiger partial charge in [-0.05, 0) is 82.1 Å². The molecule has 0 spiro atoms. The number of nitrogens with zero attached hydrogens (tertiary/aromatic N) is 1. The van der Waals surface area contributed by atoms with Crippen molar-refractivity contribution in [3.63, 3.8) is 0 Å². The van der Waals surface area contributed by atoms with Crippen LogP contribution in [0.1, 0.15) is 65.4 Å². The average Bonchev–Trinajstić information content (AvgIpc) is 3.07. The van der Waals surface area contributed by atoms with Crippen molar-refractivity contribution in [2.24, 2.45) is 11.8 Å². The van der Waals surface area contributed by atoms with E-state index in [9.17, 15) is 18.0 Å². The number of nitrogens with one attached hydrogen (secondary N) is 2. The third-order valence-electron chi connectivity index (χ3n) is 6.70. The monoisotopic (exact) mass is 449 g/mol. The smallest absolute Gasteiger partial charge is 0.240 e. The highest BCUT2D eigenvalue weighted by Crippen LogP contribution is 2.34. The second-order valence-corrected chi connectivity index (χ2v) is 10.9. The summed E-state index contributed by atoms with van der Waals surface area (Å²) in [6, 6.07) is 5.22. The molecule has 0 aromatic heterocycles. The van der Waals surface area contributed by atoms with E-state index in [0.29, 0.717) is 13.0 Å². The fourth-order valence-electron chi connectivity index (χ4n) is 4.66. The van der Waals surface area contributed by atoms with Gasteiger partial charge in [0.15, 0.2) is 0 Å². The predicted molar refractivity (Wildman–Crippen MR) is 121 cm³/mol. The van der Waals surface area contributed by atoms with Gasteiger partial charge in [0.05, 0.1) is 4.90 Å². The van der Waals surface area contributed by atoms with Crippen molar-refractivity contribution < 1.29 is 18.0 Å². The normalized spacial score (nSPS) is 24.5. The Morgan fingerprint density at radius 2 is 1.87 bits per heavy atom. The van der Waals surface area contributed by atoms with Gasteiger partial charge in [-0.1, -0.05) is 6.92 Å². The molecule has 0 bridgehead atoms. The highest BCUT2D eigenvalue weighted by Gasteiger charge is 2.31. The Bertz CT molecular complexity index is 923. The lowest BCUT2D eigenvalue weighted by Crippen LogP contribution is -2.39. The van der Waals surface area contributed by atoms with Gasteiger partial charge in [-0.15, -0.1) is 0 Å². The summed E-state index contributed by atoms with van der Waals surface area (Å²) in [7, 11) is -3.62. The lowest BCUT2D eigenvalue weighted by atomic mass is 9.81. The molecule has 2 atom stereocenters. The van der Waals surface area contributed by atoms with Crippen LogP contribution in [0.25, 0.3) is 0 Å². The van der Waals surface area contributed by atoms with Crippen LogP contribution in [0, 0.1) is 11.8 Å². The van der Waals surface area contributed by atoms with Gasteiger partial charge in [0.25, 0.3) is 0 Å². The third-order valence-corrected chi connectivity index (χ3v) is 8.12. The summed E-state index contributed by atoms with van der Waals surface area (Å²) in [5.41, 5.74) is 1.69. The number of hydrogen-bond donors (Lipinski definition) is 2. The zero-order chi connectivity index (χ0) is 22.8. The topological polar surface area (TPSA) is 95.6 Å². The van der Waals surface area contributed by atoms with E-state index in [1.165, 1.54) is 6.92 Å². The maximum atomic E-state index is 12.8. The summed E-state index contributed by atoms with van der Waals surface area (Å²) in [5, 5.41) is 3.05. The summed E-state index contributed by atoms with van der Waals surface area (Å²) in [5.74, 6) is 0.364. The summed E-state index contributed by atoms with van der Waals surface area (Å²) in [4.78, 5) is 26.2.